The number of fused-ring (bicyclic) bond motifs is 2. The lowest BCUT2D eigenvalue weighted by atomic mass is 10.2. The molecular formula is C16H14F3N9. The number of imidazole rings is 1. The number of aromatic amines is 1. The first-order valence-electron chi connectivity index (χ1n) is 8.46. The summed E-state index contributed by atoms with van der Waals surface area (Å²) in [4.78, 5) is 14.1. The summed E-state index contributed by atoms with van der Waals surface area (Å²) < 4.78 is 42.8. The first-order valence-corrected chi connectivity index (χ1v) is 8.46. The fraction of sp³-hybridized carbons (Fsp3) is 0.312. The van der Waals surface area contributed by atoms with Gasteiger partial charge in [-0.2, -0.15) is 23.4 Å². The molecule has 0 saturated heterocycles. The van der Waals surface area contributed by atoms with Gasteiger partial charge in [0.1, 0.15) is 16.7 Å². The zero-order valence-electron chi connectivity index (χ0n) is 14.6. The van der Waals surface area contributed by atoms with E-state index in [1.807, 2.05) is 6.20 Å². The summed E-state index contributed by atoms with van der Waals surface area (Å²) in [6.07, 6.45) is 1.81. The van der Waals surface area contributed by atoms with Crippen LogP contribution in [0.5, 0.6) is 0 Å². The van der Waals surface area contributed by atoms with Gasteiger partial charge in [0, 0.05) is 31.9 Å². The Kier molecular flexibility index (Phi) is 3.45. The largest absolute Gasteiger partial charge is 0.435 e. The van der Waals surface area contributed by atoms with E-state index < -0.39 is 11.9 Å². The Morgan fingerprint density at radius 2 is 2.00 bits per heavy atom. The number of nitrogens with one attached hydrogen (secondary N) is 1. The molecule has 9 nitrogen and oxygen atoms in total. The third-order valence-corrected chi connectivity index (χ3v) is 4.72. The van der Waals surface area contributed by atoms with Crippen molar-refractivity contribution in [2.24, 2.45) is 7.05 Å². The van der Waals surface area contributed by atoms with Crippen molar-refractivity contribution < 1.29 is 13.2 Å². The molecule has 0 aliphatic carbocycles. The van der Waals surface area contributed by atoms with Crippen molar-refractivity contribution >= 4 is 17.0 Å². The van der Waals surface area contributed by atoms with E-state index in [2.05, 4.69) is 30.2 Å². The maximum Gasteiger partial charge on any atom is 0.435 e. The molecule has 0 atom stereocenters. The zero-order chi connectivity index (χ0) is 19.5. The van der Waals surface area contributed by atoms with Crippen molar-refractivity contribution in [2.75, 3.05) is 11.4 Å². The Bertz CT molecular complexity index is 1170. The Morgan fingerprint density at radius 1 is 1.14 bits per heavy atom. The quantitative estimate of drug-likeness (QED) is 0.564. The molecule has 0 aromatic carbocycles. The van der Waals surface area contributed by atoms with Gasteiger partial charge >= 0.3 is 6.18 Å². The molecule has 0 bridgehead atoms. The molecule has 4 aromatic heterocycles. The van der Waals surface area contributed by atoms with E-state index >= 15 is 0 Å². The van der Waals surface area contributed by atoms with Crippen LogP contribution in [0.3, 0.4) is 0 Å². The van der Waals surface area contributed by atoms with E-state index in [0.717, 1.165) is 5.56 Å². The lowest BCUT2D eigenvalue weighted by molar-refractivity contribution is -0.141. The minimum absolute atomic E-state index is 0.0282. The van der Waals surface area contributed by atoms with Gasteiger partial charge in [0.15, 0.2) is 5.69 Å². The molecule has 28 heavy (non-hydrogen) atoms. The van der Waals surface area contributed by atoms with Gasteiger partial charge in [-0.05, 0) is 0 Å². The highest BCUT2D eigenvalue weighted by Crippen LogP contribution is 2.33. The molecule has 0 radical (unpaired) electrons. The third kappa shape index (κ3) is 2.60. The van der Waals surface area contributed by atoms with E-state index in [1.54, 1.807) is 29.0 Å². The number of rotatable bonds is 2. The highest BCUT2D eigenvalue weighted by Gasteiger charge is 2.39. The number of aryl methyl sites for hydroxylation is 1. The van der Waals surface area contributed by atoms with Gasteiger partial charge in [0.05, 0.1) is 31.0 Å². The van der Waals surface area contributed by atoms with Crippen LogP contribution >= 0.6 is 0 Å². The van der Waals surface area contributed by atoms with Crippen LogP contribution in [0.15, 0.2) is 24.9 Å². The van der Waals surface area contributed by atoms with Crippen LogP contribution in [-0.2, 0) is 26.3 Å². The molecule has 0 unspecified atom stereocenters. The third-order valence-electron chi connectivity index (χ3n) is 4.72. The zero-order valence-corrected chi connectivity index (χ0v) is 14.6. The SMILES string of the molecule is Cn1cc(-c2n[nH]c3cnc(N4CCn5cnc(C(F)(F)F)c5C4)nc23)cn1. The molecule has 5 heterocycles. The average Bonchev–Trinajstić information content (AvgIpc) is 3.37. The topological polar surface area (TPSA) is 93.3 Å². The normalized spacial score (nSPS) is 14.6. The number of anilines is 1. The molecule has 1 aliphatic rings. The van der Waals surface area contributed by atoms with Gasteiger partial charge in [-0.1, -0.05) is 0 Å². The van der Waals surface area contributed by atoms with Gasteiger partial charge in [0.2, 0.25) is 5.95 Å². The van der Waals surface area contributed by atoms with Crippen LogP contribution in [0, 0.1) is 0 Å². The first-order chi connectivity index (χ1) is 13.4. The van der Waals surface area contributed by atoms with E-state index in [1.165, 1.54) is 10.9 Å². The number of aromatic nitrogens is 8. The summed E-state index contributed by atoms with van der Waals surface area (Å²) in [6.45, 7) is 0.882. The number of nitrogens with zero attached hydrogens (tertiary/aromatic N) is 8. The molecule has 0 fully saturated rings. The van der Waals surface area contributed by atoms with Crippen LogP contribution in [0.25, 0.3) is 22.3 Å². The van der Waals surface area contributed by atoms with Gasteiger partial charge in [-0.15, -0.1) is 0 Å². The summed E-state index contributed by atoms with van der Waals surface area (Å²) in [6, 6.07) is 0. The first kappa shape index (κ1) is 16.7. The molecule has 1 N–H and O–H groups in total. The fourth-order valence-electron chi connectivity index (χ4n) is 3.36. The molecule has 0 spiro atoms. The van der Waals surface area contributed by atoms with Gasteiger partial charge < -0.3 is 9.47 Å². The summed E-state index contributed by atoms with van der Waals surface area (Å²) in [5.41, 5.74) is 1.88. The second-order valence-corrected chi connectivity index (χ2v) is 6.56. The lowest BCUT2D eigenvalue weighted by Crippen LogP contribution is -2.35. The molecule has 0 amide bonds. The number of H-pyrrole nitrogens is 1. The van der Waals surface area contributed by atoms with E-state index in [-0.39, 0.29) is 12.2 Å². The summed E-state index contributed by atoms with van der Waals surface area (Å²) in [5.74, 6) is 0.347. The molecule has 12 heteroatoms. The van der Waals surface area contributed by atoms with E-state index in [4.69, 9.17) is 0 Å². The number of alkyl halides is 3. The van der Waals surface area contributed by atoms with Gasteiger partial charge in [-0.3, -0.25) is 9.78 Å². The monoisotopic (exact) mass is 389 g/mol. The molecule has 144 valence electrons. The molecule has 0 saturated carbocycles. The second-order valence-electron chi connectivity index (χ2n) is 6.56. The van der Waals surface area contributed by atoms with E-state index in [9.17, 15) is 13.2 Å². The Morgan fingerprint density at radius 3 is 2.75 bits per heavy atom. The molecule has 4 aromatic rings. The fourth-order valence-corrected chi connectivity index (χ4v) is 3.36. The van der Waals surface area contributed by atoms with Crippen LogP contribution < -0.4 is 4.90 Å². The van der Waals surface area contributed by atoms with Crippen molar-refractivity contribution in [3.63, 3.8) is 0 Å². The predicted octanol–water partition coefficient (Wildman–Crippen LogP) is 1.99. The summed E-state index contributed by atoms with van der Waals surface area (Å²) >= 11 is 0. The lowest BCUT2D eigenvalue weighted by Gasteiger charge is -2.28. The number of halogens is 3. The van der Waals surface area contributed by atoms with Crippen LogP contribution in [-0.4, -0.2) is 46.0 Å². The Balaban J connectivity index is 1.53. The maximum absolute atomic E-state index is 13.2. The van der Waals surface area contributed by atoms with Crippen LogP contribution in [0.2, 0.25) is 0 Å². The number of hydrogen-bond acceptors (Lipinski definition) is 6. The molecular weight excluding hydrogens is 375 g/mol. The summed E-state index contributed by atoms with van der Waals surface area (Å²) in [5, 5.41) is 11.3. The van der Waals surface area contributed by atoms with Crippen molar-refractivity contribution in [1.29, 1.82) is 0 Å². The number of hydrogen-bond donors (Lipinski definition) is 1. The van der Waals surface area contributed by atoms with Crippen LogP contribution in [0.4, 0.5) is 19.1 Å². The Labute approximate surface area is 155 Å². The van der Waals surface area contributed by atoms with Crippen molar-refractivity contribution in [3.05, 3.63) is 36.3 Å². The highest BCUT2D eigenvalue weighted by atomic mass is 19.4. The Hall–Kier alpha value is -3.44. The summed E-state index contributed by atoms with van der Waals surface area (Å²) in [7, 11) is 1.80. The maximum atomic E-state index is 13.2. The smallest absolute Gasteiger partial charge is 0.333 e. The van der Waals surface area contributed by atoms with Crippen molar-refractivity contribution in [2.45, 2.75) is 19.3 Å². The van der Waals surface area contributed by atoms with Crippen molar-refractivity contribution in [1.82, 2.24) is 39.5 Å². The van der Waals surface area contributed by atoms with E-state index in [0.29, 0.717) is 35.8 Å². The van der Waals surface area contributed by atoms with Crippen molar-refractivity contribution in [3.8, 4) is 11.3 Å². The highest BCUT2D eigenvalue weighted by molar-refractivity contribution is 5.89. The molecule has 1 aliphatic heterocycles. The van der Waals surface area contributed by atoms with Crippen LogP contribution in [0.1, 0.15) is 11.4 Å². The van der Waals surface area contributed by atoms with Gasteiger partial charge in [-0.25, -0.2) is 15.0 Å². The molecule has 5 rings (SSSR count). The van der Waals surface area contributed by atoms with Gasteiger partial charge in [0.25, 0.3) is 0 Å². The standard InChI is InChI=1S/C16H14F3N9/c1-26-6-9(4-22-26)12-13-10(24-25-12)5-20-15(23-13)27-2-3-28-8-21-14(11(28)7-27)16(17,18)19/h4-6,8H,2-3,7H2,1H3,(H,24,25). The second kappa shape index (κ2) is 5.78. The minimum atomic E-state index is -4.49. The predicted molar refractivity (Wildman–Crippen MR) is 92.2 cm³/mol. The average molecular weight is 389 g/mol. The minimum Gasteiger partial charge on any atom is -0.333 e.